The highest BCUT2D eigenvalue weighted by Crippen LogP contribution is 2.24. The fraction of sp³-hybridized carbons (Fsp3) is 1.00. The first kappa shape index (κ1) is 14.9. The SMILES string of the molecule is CNC(COC)CN(CC(C)C)C1CCCC1. The van der Waals surface area contributed by atoms with Gasteiger partial charge in [0, 0.05) is 32.3 Å². The van der Waals surface area contributed by atoms with Crippen molar-refractivity contribution in [3.05, 3.63) is 0 Å². The van der Waals surface area contributed by atoms with Crippen molar-refractivity contribution in [2.24, 2.45) is 5.92 Å². The third-order valence-corrected chi connectivity index (χ3v) is 3.67. The van der Waals surface area contributed by atoms with E-state index in [0.717, 1.165) is 25.1 Å². The van der Waals surface area contributed by atoms with Gasteiger partial charge in [-0.05, 0) is 25.8 Å². The van der Waals surface area contributed by atoms with Gasteiger partial charge in [-0.15, -0.1) is 0 Å². The monoisotopic (exact) mass is 242 g/mol. The van der Waals surface area contributed by atoms with Crippen molar-refractivity contribution in [3.8, 4) is 0 Å². The van der Waals surface area contributed by atoms with E-state index in [-0.39, 0.29) is 0 Å². The molecule has 0 radical (unpaired) electrons. The number of likely N-dealkylation sites (N-methyl/N-ethyl adjacent to an activating group) is 1. The van der Waals surface area contributed by atoms with Gasteiger partial charge in [0.15, 0.2) is 0 Å². The largest absolute Gasteiger partial charge is 0.383 e. The third-order valence-electron chi connectivity index (χ3n) is 3.67. The average molecular weight is 242 g/mol. The number of nitrogens with zero attached hydrogens (tertiary/aromatic N) is 1. The molecule has 1 rings (SSSR count). The second-order valence-electron chi connectivity index (χ2n) is 5.73. The molecule has 0 amide bonds. The van der Waals surface area contributed by atoms with Gasteiger partial charge in [-0.3, -0.25) is 4.90 Å². The number of hydrogen-bond acceptors (Lipinski definition) is 3. The van der Waals surface area contributed by atoms with E-state index in [2.05, 4.69) is 24.1 Å². The summed E-state index contributed by atoms with van der Waals surface area (Å²) < 4.78 is 5.27. The molecule has 102 valence electrons. The van der Waals surface area contributed by atoms with Gasteiger partial charge in [-0.25, -0.2) is 0 Å². The molecule has 0 spiro atoms. The maximum absolute atomic E-state index is 5.27. The minimum atomic E-state index is 0.458. The first-order chi connectivity index (χ1) is 8.17. The van der Waals surface area contributed by atoms with Gasteiger partial charge >= 0.3 is 0 Å². The zero-order chi connectivity index (χ0) is 12.7. The first-order valence-electron chi connectivity index (χ1n) is 7.07. The van der Waals surface area contributed by atoms with E-state index in [1.165, 1.54) is 32.2 Å². The van der Waals surface area contributed by atoms with Crippen molar-refractivity contribution in [3.63, 3.8) is 0 Å². The maximum atomic E-state index is 5.27. The average Bonchev–Trinajstić information content (AvgIpc) is 2.80. The van der Waals surface area contributed by atoms with Crippen molar-refractivity contribution >= 4 is 0 Å². The van der Waals surface area contributed by atoms with Crippen molar-refractivity contribution in [1.29, 1.82) is 0 Å². The van der Waals surface area contributed by atoms with Gasteiger partial charge in [0.05, 0.1) is 6.61 Å². The Morgan fingerprint density at radius 1 is 1.24 bits per heavy atom. The van der Waals surface area contributed by atoms with E-state index >= 15 is 0 Å². The minimum absolute atomic E-state index is 0.458. The highest BCUT2D eigenvalue weighted by Gasteiger charge is 2.24. The fourth-order valence-electron chi connectivity index (χ4n) is 2.82. The summed E-state index contributed by atoms with van der Waals surface area (Å²) in [5, 5.41) is 3.36. The molecule has 1 N–H and O–H groups in total. The van der Waals surface area contributed by atoms with Crippen LogP contribution in [0.25, 0.3) is 0 Å². The van der Waals surface area contributed by atoms with Gasteiger partial charge in [-0.2, -0.15) is 0 Å². The van der Waals surface area contributed by atoms with Crippen LogP contribution >= 0.6 is 0 Å². The van der Waals surface area contributed by atoms with Crippen LogP contribution in [0.1, 0.15) is 39.5 Å². The van der Waals surface area contributed by atoms with E-state index in [9.17, 15) is 0 Å². The van der Waals surface area contributed by atoms with Crippen LogP contribution in [0.2, 0.25) is 0 Å². The Hall–Kier alpha value is -0.120. The molecule has 0 saturated heterocycles. The van der Waals surface area contributed by atoms with E-state index in [0.29, 0.717) is 6.04 Å². The Bertz CT molecular complexity index is 191. The Kier molecular flexibility index (Phi) is 7.09. The topological polar surface area (TPSA) is 24.5 Å². The van der Waals surface area contributed by atoms with E-state index < -0.39 is 0 Å². The molecule has 1 unspecified atom stereocenters. The minimum Gasteiger partial charge on any atom is -0.383 e. The summed E-state index contributed by atoms with van der Waals surface area (Å²) in [6.45, 7) is 7.76. The Balaban J connectivity index is 2.48. The van der Waals surface area contributed by atoms with Gasteiger partial charge < -0.3 is 10.1 Å². The summed E-state index contributed by atoms with van der Waals surface area (Å²) in [5.74, 6) is 0.746. The molecule has 0 aromatic carbocycles. The molecule has 0 heterocycles. The summed E-state index contributed by atoms with van der Waals surface area (Å²) in [5.41, 5.74) is 0. The zero-order valence-corrected chi connectivity index (χ0v) is 12.0. The molecular weight excluding hydrogens is 212 g/mol. The maximum Gasteiger partial charge on any atom is 0.0628 e. The molecule has 1 aliphatic rings. The molecule has 3 heteroatoms. The molecule has 0 aromatic rings. The molecule has 3 nitrogen and oxygen atoms in total. The second-order valence-corrected chi connectivity index (χ2v) is 5.73. The van der Waals surface area contributed by atoms with Crippen molar-refractivity contribution in [2.75, 3.05) is 33.9 Å². The Morgan fingerprint density at radius 2 is 1.88 bits per heavy atom. The number of methoxy groups -OCH3 is 1. The van der Waals surface area contributed by atoms with E-state index in [1.54, 1.807) is 7.11 Å². The molecule has 1 atom stereocenters. The molecule has 17 heavy (non-hydrogen) atoms. The fourth-order valence-corrected chi connectivity index (χ4v) is 2.82. The van der Waals surface area contributed by atoms with Crippen LogP contribution in [0.4, 0.5) is 0 Å². The number of rotatable bonds is 8. The molecule has 0 bridgehead atoms. The first-order valence-corrected chi connectivity index (χ1v) is 7.07. The molecule has 0 aliphatic heterocycles. The lowest BCUT2D eigenvalue weighted by Gasteiger charge is -2.33. The normalized spacial score (nSPS) is 19.4. The second kappa shape index (κ2) is 8.06. The van der Waals surface area contributed by atoms with Crippen LogP contribution in [-0.4, -0.2) is 50.8 Å². The number of ether oxygens (including phenoxy) is 1. The zero-order valence-electron chi connectivity index (χ0n) is 12.0. The van der Waals surface area contributed by atoms with Crippen LogP contribution in [0, 0.1) is 5.92 Å². The van der Waals surface area contributed by atoms with Crippen molar-refractivity contribution in [1.82, 2.24) is 10.2 Å². The summed E-state index contributed by atoms with van der Waals surface area (Å²) in [7, 11) is 3.82. The highest BCUT2D eigenvalue weighted by atomic mass is 16.5. The van der Waals surface area contributed by atoms with Crippen LogP contribution in [0.3, 0.4) is 0 Å². The van der Waals surface area contributed by atoms with Crippen LogP contribution in [0.5, 0.6) is 0 Å². The lowest BCUT2D eigenvalue weighted by Crippen LogP contribution is -2.47. The quantitative estimate of drug-likeness (QED) is 0.705. The molecule has 1 fully saturated rings. The summed E-state index contributed by atoms with van der Waals surface area (Å²) >= 11 is 0. The highest BCUT2D eigenvalue weighted by molar-refractivity contribution is 4.81. The Morgan fingerprint density at radius 3 is 2.35 bits per heavy atom. The molecule has 1 aliphatic carbocycles. The van der Waals surface area contributed by atoms with Gasteiger partial charge in [0.25, 0.3) is 0 Å². The van der Waals surface area contributed by atoms with Gasteiger partial charge in [-0.1, -0.05) is 26.7 Å². The van der Waals surface area contributed by atoms with Crippen LogP contribution in [0.15, 0.2) is 0 Å². The third kappa shape index (κ3) is 5.36. The molecule has 0 aromatic heterocycles. The standard InChI is InChI=1S/C14H30N2O/c1-12(2)9-16(14-7-5-6-8-14)10-13(15-3)11-17-4/h12-15H,5-11H2,1-4H3. The Labute approximate surface area is 107 Å². The summed E-state index contributed by atoms with van der Waals surface area (Å²) in [4.78, 5) is 2.68. The van der Waals surface area contributed by atoms with Crippen molar-refractivity contribution < 1.29 is 4.74 Å². The van der Waals surface area contributed by atoms with Crippen LogP contribution < -0.4 is 5.32 Å². The summed E-state index contributed by atoms with van der Waals surface area (Å²) in [6.07, 6.45) is 5.59. The van der Waals surface area contributed by atoms with Gasteiger partial charge in [0.1, 0.15) is 0 Å². The lowest BCUT2D eigenvalue weighted by atomic mass is 10.1. The lowest BCUT2D eigenvalue weighted by molar-refractivity contribution is 0.113. The predicted octanol–water partition coefficient (Wildman–Crippen LogP) is 2.12. The number of hydrogen-bond donors (Lipinski definition) is 1. The van der Waals surface area contributed by atoms with Crippen LogP contribution in [-0.2, 0) is 4.74 Å². The van der Waals surface area contributed by atoms with Gasteiger partial charge in [0.2, 0.25) is 0 Å². The summed E-state index contributed by atoms with van der Waals surface area (Å²) in [6, 6.07) is 1.27. The molecule has 1 saturated carbocycles. The van der Waals surface area contributed by atoms with Crippen molar-refractivity contribution in [2.45, 2.75) is 51.6 Å². The van der Waals surface area contributed by atoms with E-state index in [4.69, 9.17) is 4.74 Å². The smallest absolute Gasteiger partial charge is 0.0628 e. The van der Waals surface area contributed by atoms with E-state index in [1.807, 2.05) is 7.05 Å². The predicted molar refractivity (Wildman–Crippen MR) is 73.4 cm³/mol. The molecular formula is C14H30N2O. The number of nitrogens with one attached hydrogen (secondary N) is 1.